The fraction of sp³-hybridized carbons (Fsp3) is 0.316. The number of hydrogen-bond acceptors (Lipinski definition) is 5. The maximum Gasteiger partial charge on any atom is 0.257 e. The number of rotatable bonds is 3. The van der Waals surface area contributed by atoms with Crippen molar-refractivity contribution in [3.8, 4) is 5.75 Å². The Morgan fingerprint density at radius 2 is 1.92 bits per heavy atom. The van der Waals surface area contributed by atoms with Crippen LogP contribution in [0.4, 0.5) is 5.82 Å². The predicted molar refractivity (Wildman–Crippen MR) is 98.7 cm³/mol. The van der Waals surface area contributed by atoms with Gasteiger partial charge in [0.05, 0.1) is 18.9 Å². The number of ether oxygens (including phenoxy) is 1. The molecule has 0 saturated carbocycles. The first-order valence-electron chi connectivity index (χ1n) is 8.74. The van der Waals surface area contributed by atoms with Crippen molar-refractivity contribution in [2.24, 2.45) is 0 Å². The molecule has 1 fully saturated rings. The van der Waals surface area contributed by atoms with Crippen LogP contribution < -0.4 is 9.64 Å². The van der Waals surface area contributed by atoms with E-state index in [0.717, 1.165) is 37.5 Å². The summed E-state index contributed by atoms with van der Waals surface area (Å²) in [5, 5.41) is 4.36. The summed E-state index contributed by atoms with van der Waals surface area (Å²) in [5.41, 5.74) is 1.44. The molecule has 0 aliphatic carbocycles. The topological polar surface area (TPSA) is 63.0 Å². The van der Waals surface area contributed by atoms with Crippen LogP contribution in [-0.4, -0.2) is 58.7 Å². The van der Waals surface area contributed by atoms with E-state index in [1.54, 1.807) is 19.5 Å². The van der Waals surface area contributed by atoms with Gasteiger partial charge in [-0.3, -0.25) is 4.79 Å². The molecule has 4 rings (SSSR count). The van der Waals surface area contributed by atoms with Crippen molar-refractivity contribution in [3.63, 3.8) is 0 Å². The van der Waals surface area contributed by atoms with Gasteiger partial charge in [0, 0.05) is 38.4 Å². The van der Waals surface area contributed by atoms with E-state index in [1.807, 2.05) is 45.8 Å². The first kappa shape index (κ1) is 16.4. The van der Waals surface area contributed by atoms with Gasteiger partial charge >= 0.3 is 0 Å². The zero-order valence-corrected chi connectivity index (χ0v) is 14.7. The molecule has 0 atom stereocenters. The fourth-order valence-electron chi connectivity index (χ4n) is 3.40. The Morgan fingerprint density at radius 3 is 2.81 bits per heavy atom. The zero-order chi connectivity index (χ0) is 17.9. The molecule has 0 N–H and O–H groups in total. The second kappa shape index (κ2) is 7.03. The van der Waals surface area contributed by atoms with Gasteiger partial charge in [0.1, 0.15) is 11.6 Å². The number of amides is 1. The smallest absolute Gasteiger partial charge is 0.257 e. The summed E-state index contributed by atoms with van der Waals surface area (Å²) in [6.45, 7) is 3.00. The predicted octanol–water partition coefficient (Wildman–Crippen LogP) is 2.09. The number of carbonyl (C=O) groups excluding carboxylic acids is 1. The van der Waals surface area contributed by atoms with Gasteiger partial charge in [-0.1, -0.05) is 12.1 Å². The van der Waals surface area contributed by atoms with Crippen molar-refractivity contribution in [2.75, 3.05) is 38.2 Å². The summed E-state index contributed by atoms with van der Waals surface area (Å²) in [6, 6.07) is 11.2. The molecule has 0 unspecified atom stereocenters. The number of anilines is 1. The number of para-hydroxylation sites is 1. The highest BCUT2D eigenvalue weighted by Gasteiger charge is 2.23. The average Bonchev–Trinajstić information content (AvgIpc) is 3.04. The van der Waals surface area contributed by atoms with E-state index in [1.165, 1.54) is 0 Å². The highest BCUT2D eigenvalue weighted by atomic mass is 16.5. The number of hydrogen-bond donors (Lipinski definition) is 0. The van der Waals surface area contributed by atoms with Crippen LogP contribution >= 0.6 is 0 Å². The number of aromatic nitrogens is 3. The Morgan fingerprint density at radius 1 is 1.04 bits per heavy atom. The highest BCUT2D eigenvalue weighted by molar-refractivity contribution is 5.97. The molecular weight excluding hydrogens is 330 g/mol. The molecule has 7 nitrogen and oxygen atoms in total. The standard InChI is InChI=1S/C19H21N5O2/c1-26-16-6-3-2-5-15(16)19(25)23-12-4-11-22(13-14-23)18-8-9-20-17-7-10-21-24(17)18/h2-3,5-10H,4,11-14H2,1H3. The molecule has 1 aliphatic rings. The number of carbonyl (C=O) groups is 1. The van der Waals surface area contributed by atoms with Crippen molar-refractivity contribution < 1.29 is 9.53 Å². The minimum atomic E-state index is 0.0169. The van der Waals surface area contributed by atoms with Crippen LogP contribution in [0.1, 0.15) is 16.8 Å². The lowest BCUT2D eigenvalue weighted by molar-refractivity contribution is 0.0763. The maximum absolute atomic E-state index is 12.9. The van der Waals surface area contributed by atoms with E-state index in [0.29, 0.717) is 17.9 Å². The van der Waals surface area contributed by atoms with Crippen molar-refractivity contribution in [2.45, 2.75) is 6.42 Å². The van der Waals surface area contributed by atoms with E-state index < -0.39 is 0 Å². The molecule has 2 aromatic heterocycles. The van der Waals surface area contributed by atoms with E-state index in [9.17, 15) is 4.79 Å². The molecule has 3 aromatic rings. The lowest BCUT2D eigenvalue weighted by Gasteiger charge is -2.24. The number of methoxy groups -OCH3 is 1. The fourth-order valence-corrected chi connectivity index (χ4v) is 3.40. The Bertz CT molecular complexity index is 923. The molecule has 26 heavy (non-hydrogen) atoms. The van der Waals surface area contributed by atoms with Gasteiger partial charge in [0.2, 0.25) is 0 Å². The molecular formula is C19H21N5O2. The number of benzene rings is 1. The molecule has 0 spiro atoms. The maximum atomic E-state index is 12.9. The summed E-state index contributed by atoms with van der Waals surface area (Å²) in [5.74, 6) is 1.64. The Labute approximate surface area is 151 Å². The summed E-state index contributed by atoms with van der Waals surface area (Å²) < 4.78 is 7.19. The number of fused-ring (bicyclic) bond motifs is 1. The van der Waals surface area contributed by atoms with Crippen LogP contribution in [0.2, 0.25) is 0 Å². The van der Waals surface area contributed by atoms with E-state index in [4.69, 9.17) is 4.74 Å². The molecule has 1 aromatic carbocycles. The highest BCUT2D eigenvalue weighted by Crippen LogP contribution is 2.21. The van der Waals surface area contributed by atoms with Crippen LogP contribution in [0.3, 0.4) is 0 Å². The lowest BCUT2D eigenvalue weighted by atomic mass is 10.1. The second-order valence-corrected chi connectivity index (χ2v) is 6.24. The van der Waals surface area contributed by atoms with Gasteiger partial charge in [-0.25, -0.2) is 4.98 Å². The lowest BCUT2D eigenvalue weighted by Crippen LogP contribution is -2.35. The molecule has 3 heterocycles. The van der Waals surface area contributed by atoms with Gasteiger partial charge in [0.25, 0.3) is 5.91 Å². The van der Waals surface area contributed by atoms with Gasteiger partial charge in [-0.15, -0.1) is 0 Å². The summed E-state index contributed by atoms with van der Waals surface area (Å²) in [4.78, 5) is 21.4. The Balaban J connectivity index is 1.53. The SMILES string of the molecule is COc1ccccc1C(=O)N1CCCN(c2ccnc3ccnn23)CC1. The minimum Gasteiger partial charge on any atom is -0.496 e. The van der Waals surface area contributed by atoms with Gasteiger partial charge < -0.3 is 14.5 Å². The molecule has 1 aliphatic heterocycles. The molecule has 1 amide bonds. The van der Waals surface area contributed by atoms with Crippen molar-refractivity contribution in [1.29, 1.82) is 0 Å². The summed E-state index contributed by atoms with van der Waals surface area (Å²) >= 11 is 0. The van der Waals surface area contributed by atoms with Gasteiger partial charge in [0.15, 0.2) is 5.65 Å². The van der Waals surface area contributed by atoms with Gasteiger partial charge in [-0.2, -0.15) is 9.61 Å². The molecule has 1 saturated heterocycles. The first-order valence-corrected chi connectivity index (χ1v) is 8.74. The normalized spacial score (nSPS) is 15.1. The Kier molecular flexibility index (Phi) is 4.43. The third-order valence-corrected chi connectivity index (χ3v) is 4.71. The van der Waals surface area contributed by atoms with Crippen molar-refractivity contribution in [1.82, 2.24) is 19.5 Å². The monoisotopic (exact) mass is 351 g/mol. The third kappa shape index (κ3) is 2.96. The molecule has 0 radical (unpaired) electrons. The average molecular weight is 351 g/mol. The van der Waals surface area contributed by atoms with Gasteiger partial charge in [-0.05, 0) is 24.6 Å². The van der Waals surface area contributed by atoms with E-state index >= 15 is 0 Å². The summed E-state index contributed by atoms with van der Waals surface area (Å²) in [7, 11) is 1.59. The molecule has 7 heteroatoms. The quantitative estimate of drug-likeness (QED) is 0.723. The first-order chi connectivity index (χ1) is 12.8. The van der Waals surface area contributed by atoms with E-state index in [-0.39, 0.29) is 5.91 Å². The minimum absolute atomic E-state index is 0.0169. The van der Waals surface area contributed by atoms with Crippen LogP contribution in [0.25, 0.3) is 5.65 Å². The number of nitrogens with zero attached hydrogens (tertiary/aromatic N) is 5. The van der Waals surface area contributed by atoms with Crippen LogP contribution in [0.5, 0.6) is 5.75 Å². The van der Waals surface area contributed by atoms with Crippen molar-refractivity contribution >= 4 is 17.4 Å². The third-order valence-electron chi connectivity index (χ3n) is 4.71. The van der Waals surface area contributed by atoms with Crippen LogP contribution in [-0.2, 0) is 0 Å². The molecule has 134 valence electrons. The summed E-state index contributed by atoms with van der Waals surface area (Å²) in [6.07, 6.45) is 4.45. The van der Waals surface area contributed by atoms with Crippen LogP contribution in [0, 0.1) is 0 Å². The van der Waals surface area contributed by atoms with Crippen LogP contribution in [0.15, 0.2) is 48.8 Å². The molecule has 0 bridgehead atoms. The largest absolute Gasteiger partial charge is 0.496 e. The zero-order valence-electron chi connectivity index (χ0n) is 14.7. The van der Waals surface area contributed by atoms with Crippen molar-refractivity contribution in [3.05, 3.63) is 54.4 Å². The Hall–Kier alpha value is -3.09. The van der Waals surface area contributed by atoms with E-state index in [2.05, 4.69) is 15.0 Å². The second-order valence-electron chi connectivity index (χ2n) is 6.24.